The highest BCUT2D eigenvalue weighted by atomic mass is 35.5. The summed E-state index contributed by atoms with van der Waals surface area (Å²) in [5.74, 6) is -2.91. The van der Waals surface area contributed by atoms with E-state index in [2.05, 4.69) is 10.3 Å². The fourth-order valence-electron chi connectivity index (χ4n) is 2.86. The number of nitrogens with zero attached hydrogens (tertiary/aromatic N) is 2. The van der Waals surface area contributed by atoms with E-state index in [1.54, 1.807) is 0 Å². The molecule has 7 nitrogen and oxygen atoms in total. The molecule has 0 bridgehead atoms. The van der Waals surface area contributed by atoms with Gasteiger partial charge in [-0.25, -0.2) is 13.2 Å². The van der Waals surface area contributed by atoms with Crippen molar-refractivity contribution < 1.29 is 22.7 Å². The molecule has 0 aliphatic rings. The second-order valence-electron chi connectivity index (χ2n) is 6.71. The third-order valence-corrected chi connectivity index (χ3v) is 4.79. The van der Waals surface area contributed by atoms with E-state index in [0.29, 0.717) is 11.6 Å². The molecule has 0 atom stereocenters. The van der Waals surface area contributed by atoms with Crippen molar-refractivity contribution in [2.45, 2.75) is 20.1 Å². The first-order valence-corrected chi connectivity index (χ1v) is 9.70. The second-order valence-corrected chi connectivity index (χ2v) is 7.09. The molecule has 3 rings (SSSR count). The molecule has 1 heterocycles. The predicted octanol–water partition coefficient (Wildman–Crippen LogP) is 2.77. The number of ether oxygens (including phenoxy) is 1. The number of hydrogen-bond donors (Lipinski definition) is 2. The molecule has 3 N–H and O–H groups in total. The van der Waals surface area contributed by atoms with Crippen LogP contribution < -0.4 is 21.3 Å². The Labute approximate surface area is 185 Å². The first-order chi connectivity index (χ1) is 15.2. The lowest BCUT2D eigenvalue weighted by atomic mass is 10.2. The number of halogens is 4. The van der Waals surface area contributed by atoms with Crippen LogP contribution in [0.1, 0.15) is 17.0 Å². The third-order valence-electron chi connectivity index (χ3n) is 4.47. The van der Waals surface area contributed by atoms with Crippen LogP contribution >= 0.6 is 11.6 Å². The molecular formula is C21H18ClF3N4O3. The van der Waals surface area contributed by atoms with Gasteiger partial charge in [0.15, 0.2) is 5.02 Å². The Hall–Kier alpha value is -3.37. The number of carbonyl (C=O) groups is 1. The van der Waals surface area contributed by atoms with E-state index in [4.69, 9.17) is 22.1 Å². The van der Waals surface area contributed by atoms with Gasteiger partial charge in [-0.15, -0.1) is 0 Å². The zero-order chi connectivity index (χ0) is 23.4. The molecule has 11 heteroatoms. The molecule has 3 aromatic rings. The lowest BCUT2D eigenvalue weighted by Gasteiger charge is -2.15. The van der Waals surface area contributed by atoms with Crippen LogP contribution in [0, 0.1) is 24.4 Å². The number of aromatic nitrogens is 2. The van der Waals surface area contributed by atoms with E-state index in [9.17, 15) is 22.8 Å². The molecule has 0 aliphatic carbocycles. The maximum atomic E-state index is 14.5. The Morgan fingerprint density at radius 3 is 2.62 bits per heavy atom. The summed E-state index contributed by atoms with van der Waals surface area (Å²) in [7, 11) is 0. The molecular weight excluding hydrogens is 449 g/mol. The molecule has 0 unspecified atom stereocenters. The van der Waals surface area contributed by atoms with Gasteiger partial charge in [-0.05, 0) is 36.8 Å². The van der Waals surface area contributed by atoms with Crippen LogP contribution in [0.4, 0.5) is 13.2 Å². The molecule has 32 heavy (non-hydrogen) atoms. The SMILES string of the molecule is Cc1nc(OCc2ccc(F)cc2F)c(Cl)c(=O)n1-c1cc(CNC(=O)CN)ccc1F. The Kier molecular flexibility index (Phi) is 7.16. The summed E-state index contributed by atoms with van der Waals surface area (Å²) in [5.41, 5.74) is 4.85. The summed E-state index contributed by atoms with van der Waals surface area (Å²) in [6, 6.07) is 6.90. The van der Waals surface area contributed by atoms with Gasteiger partial charge < -0.3 is 15.8 Å². The van der Waals surface area contributed by atoms with Gasteiger partial charge in [0.1, 0.15) is 29.9 Å². The number of nitrogens with one attached hydrogen (secondary N) is 1. The van der Waals surface area contributed by atoms with E-state index in [1.165, 1.54) is 25.1 Å². The molecule has 0 saturated carbocycles. The minimum Gasteiger partial charge on any atom is -0.471 e. The van der Waals surface area contributed by atoms with Crippen molar-refractivity contribution in [1.29, 1.82) is 0 Å². The number of hydrogen-bond acceptors (Lipinski definition) is 5. The van der Waals surface area contributed by atoms with Crippen LogP contribution in [-0.4, -0.2) is 22.0 Å². The number of nitrogens with two attached hydrogens (primary N) is 1. The van der Waals surface area contributed by atoms with Gasteiger partial charge in [-0.2, -0.15) is 4.98 Å². The van der Waals surface area contributed by atoms with Gasteiger partial charge in [0.25, 0.3) is 5.56 Å². The number of benzene rings is 2. The molecule has 0 spiro atoms. The zero-order valence-electron chi connectivity index (χ0n) is 16.8. The van der Waals surface area contributed by atoms with Crippen molar-refractivity contribution in [2.75, 3.05) is 6.54 Å². The fraction of sp³-hybridized carbons (Fsp3) is 0.190. The summed E-state index contributed by atoms with van der Waals surface area (Å²) in [6.07, 6.45) is 0. The standard InChI is InChI=1S/C21H18ClF3N4O3/c1-11-28-20(32-10-13-3-4-14(23)7-16(13)25)19(22)21(31)29(11)17-6-12(2-5-15(17)24)9-27-18(30)8-26/h2-7H,8-10,26H2,1H3,(H,27,30). The molecule has 0 radical (unpaired) electrons. The topological polar surface area (TPSA) is 99.2 Å². The van der Waals surface area contributed by atoms with Gasteiger partial charge in [0.05, 0.1) is 12.2 Å². The second kappa shape index (κ2) is 9.84. The Bertz CT molecular complexity index is 1230. The molecule has 1 aromatic heterocycles. The van der Waals surface area contributed by atoms with Crippen LogP contribution in [0.5, 0.6) is 5.88 Å². The monoisotopic (exact) mass is 466 g/mol. The average molecular weight is 467 g/mol. The molecule has 1 amide bonds. The Balaban J connectivity index is 1.92. The van der Waals surface area contributed by atoms with Gasteiger partial charge in [0, 0.05) is 18.2 Å². The van der Waals surface area contributed by atoms with Gasteiger partial charge >= 0.3 is 0 Å². The van der Waals surface area contributed by atoms with E-state index in [1.807, 2.05) is 0 Å². The van der Waals surface area contributed by atoms with E-state index in [0.717, 1.165) is 16.7 Å². The largest absolute Gasteiger partial charge is 0.471 e. The molecule has 2 aromatic carbocycles. The number of aryl methyl sites for hydroxylation is 1. The quantitative estimate of drug-likeness (QED) is 0.558. The molecule has 0 fully saturated rings. The van der Waals surface area contributed by atoms with Crippen LogP contribution in [0.2, 0.25) is 5.02 Å². The van der Waals surface area contributed by atoms with Crippen molar-refractivity contribution in [3.8, 4) is 11.6 Å². The average Bonchev–Trinajstić information content (AvgIpc) is 2.76. The minimum absolute atomic E-state index is 0.0318. The van der Waals surface area contributed by atoms with E-state index >= 15 is 0 Å². The molecule has 0 aliphatic heterocycles. The lowest BCUT2D eigenvalue weighted by molar-refractivity contribution is -0.119. The normalized spacial score (nSPS) is 10.8. The van der Waals surface area contributed by atoms with E-state index < -0.39 is 33.9 Å². The van der Waals surface area contributed by atoms with Gasteiger partial charge in [-0.3, -0.25) is 14.2 Å². The highest BCUT2D eigenvalue weighted by Crippen LogP contribution is 2.23. The Morgan fingerprint density at radius 1 is 1.19 bits per heavy atom. The van der Waals surface area contributed by atoms with Crippen LogP contribution in [0.15, 0.2) is 41.2 Å². The smallest absolute Gasteiger partial charge is 0.280 e. The van der Waals surface area contributed by atoms with Crippen molar-refractivity contribution in [3.05, 3.63) is 86.2 Å². The maximum absolute atomic E-state index is 14.5. The van der Waals surface area contributed by atoms with Crippen molar-refractivity contribution in [2.24, 2.45) is 5.73 Å². The van der Waals surface area contributed by atoms with Crippen molar-refractivity contribution in [3.63, 3.8) is 0 Å². The summed E-state index contributed by atoms with van der Waals surface area (Å²) in [6.45, 7) is 0.954. The summed E-state index contributed by atoms with van der Waals surface area (Å²) in [4.78, 5) is 28.3. The summed E-state index contributed by atoms with van der Waals surface area (Å²) >= 11 is 6.10. The van der Waals surface area contributed by atoms with Crippen molar-refractivity contribution >= 4 is 17.5 Å². The third kappa shape index (κ3) is 5.09. The number of rotatable bonds is 7. The van der Waals surface area contributed by atoms with Crippen LogP contribution in [0.3, 0.4) is 0 Å². The van der Waals surface area contributed by atoms with Gasteiger partial charge in [0.2, 0.25) is 11.8 Å². The minimum atomic E-state index is -0.827. The maximum Gasteiger partial charge on any atom is 0.280 e. The molecule has 168 valence electrons. The van der Waals surface area contributed by atoms with Gasteiger partial charge in [-0.1, -0.05) is 17.7 Å². The van der Waals surface area contributed by atoms with E-state index in [-0.39, 0.29) is 42.7 Å². The summed E-state index contributed by atoms with van der Waals surface area (Å²) < 4.78 is 47.7. The van der Waals surface area contributed by atoms with Crippen LogP contribution in [0.25, 0.3) is 5.69 Å². The number of amides is 1. The first kappa shape index (κ1) is 23.3. The zero-order valence-corrected chi connectivity index (χ0v) is 17.5. The fourth-order valence-corrected chi connectivity index (χ4v) is 3.04. The number of carbonyl (C=O) groups excluding carboxylic acids is 1. The summed E-state index contributed by atoms with van der Waals surface area (Å²) in [5, 5.41) is 2.10. The first-order valence-electron chi connectivity index (χ1n) is 9.32. The lowest BCUT2D eigenvalue weighted by Crippen LogP contribution is -2.30. The Morgan fingerprint density at radius 2 is 1.94 bits per heavy atom. The highest BCUT2D eigenvalue weighted by Gasteiger charge is 2.19. The highest BCUT2D eigenvalue weighted by molar-refractivity contribution is 6.31. The van der Waals surface area contributed by atoms with Crippen molar-refractivity contribution in [1.82, 2.24) is 14.9 Å². The molecule has 0 saturated heterocycles. The van der Waals surface area contributed by atoms with Crippen LogP contribution in [-0.2, 0) is 17.9 Å². The predicted molar refractivity (Wildman–Crippen MR) is 111 cm³/mol.